The minimum Gasteiger partial charge on any atom is -0.371 e. The molecule has 2 atom stereocenters. The van der Waals surface area contributed by atoms with Crippen LogP contribution in [0.25, 0.3) is 0 Å². The zero-order valence-corrected chi connectivity index (χ0v) is 11.1. The summed E-state index contributed by atoms with van der Waals surface area (Å²) in [6, 6.07) is 0. The molecule has 2 saturated heterocycles. The number of anilines is 2. The van der Waals surface area contributed by atoms with E-state index in [2.05, 4.69) is 14.9 Å². The Bertz CT molecular complexity index is 492. The van der Waals surface area contributed by atoms with Gasteiger partial charge in [0.05, 0.1) is 17.9 Å². The molecule has 3 aliphatic rings. The van der Waals surface area contributed by atoms with Gasteiger partial charge in [-0.1, -0.05) is 0 Å². The highest BCUT2D eigenvalue weighted by molar-refractivity contribution is 5.53. The number of nitrogen functional groups attached to an aromatic ring is 1. The molecule has 5 nitrogen and oxygen atoms in total. The Morgan fingerprint density at radius 3 is 2.58 bits per heavy atom. The van der Waals surface area contributed by atoms with Gasteiger partial charge < -0.3 is 15.4 Å². The average Bonchev–Trinajstić information content (AvgIpc) is 2.76. The largest absolute Gasteiger partial charge is 0.371 e. The second kappa shape index (κ2) is 4.34. The Kier molecular flexibility index (Phi) is 2.62. The fraction of sp³-hybridized carbons (Fsp3) is 0.714. The van der Waals surface area contributed by atoms with Gasteiger partial charge >= 0.3 is 0 Å². The lowest BCUT2D eigenvalue weighted by atomic mass is 9.96. The van der Waals surface area contributed by atoms with Gasteiger partial charge in [0.15, 0.2) is 0 Å². The summed E-state index contributed by atoms with van der Waals surface area (Å²) < 4.78 is 5.91. The number of aromatic nitrogens is 2. The van der Waals surface area contributed by atoms with E-state index < -0.39 is 0 Å². The first-order chi connectivity index (χ1) is 9.29. The average molecular weight is 260 g/mol. The van der Waals surface area contributed by atoms with Gasteiger partial charge in [0.1, 0.15) is 5.82 Å². The van der Waals surface area contributed by atoms with E-state index in [1.165, 1.54) is 36.9 Å². The monoisotopic (exact) mass is 260 g/mol. The topological polar surface area (TPSA) is 64.3 Å². The van der Waals surface area contributed by atoms with Crippen molar-refractivity contribution in [3.05, 3.63) is 11.3 Å². The standard InChI is InChI=1S/C14H20N4O/c15-14-16-12-4-2-1-3-11(12)13(17-14)18-7-9-5-6-10(8-18)19-9/h9-10H,1-8H2,(H2,15,16,17). The molecule has 4 rings (SSSR count). The van der Waals surface area contributed by atoms with Crippen LogP contribution >= 0.6 is 0 Å². The summed E-state index contributed by atoms with van der Waals surface area (Å²) >= 11 is 0. The molecule has 1 aromatic heterocycles. The van der Waals surface area contributed by atoms with E-state index >= 15 is 0 Å². The molecule has 1 aromatic rings. The molecule has 5 heteroatoms. The number of morpholine rings is 1. The first-order valence-electron chi connectivity index (χ1n) is 7.35. The summed E-state index contributed by atoms with van der Waals surface area (Å²) in [5.41, 5.74) is 8.40. The van der Waals surface area contributed by atoms with Crippen LogP contribution in [0.4, 0.5) is 11.8 Å². The van der Waals surface area contributed by atoms with E-state index in [-0.39, 0.29) is 0 Å². The summed E-state index contributed by atoms with van der Waals surface area (Å²) in [6.07, 6.45) is 7.74. The molecule has 0 spiro atoms. The molecule has 1 aliphatic carbocycles. The number of aryl methyl sites for hydroxylation is 1. The smallest absolute Gasteiger partial charge is 0.222 e. The molecule has 2 bridgehead atoms. The lowest BCUT2D eigenvalue weighted by molar-refractivity contribution is 0.0301. The highest BCUT2D eigenvalue weighted by atomic mass is 16.5. The van der Waals surface area contributed by atoms with Gasteiger partial charge in [-0.25, -0.2) is 4.98 Å². The molecule has 2 aliphatic heterocycles. The van der Waals surface area contributed by atoms with Gasteiger partial charge in [-0.2, -0.15) is 4.98 Å². The lowest BCUT2D eigenvalue weighted by Crippen LogP contribution is -2.43. The number of nitrogens with zero attached hydrogens (tertiary/aromatic N) is 3. The van der Waals surface area contributed by atoms with Gasteiger partial charge in [0.2, 0.25) is 5.95 Å². The summed E-state index contributed by atoms with van der Waals surface area (Å²) in [6.45, 7) is 1.92. The van der Waals surface area contributed by atoms with E-state index in [4.69, 9.17) is 10.5 Å². The number of ether oxygens (including phenoxy) is 1. The van der Waals surface area contributed by atoms with E-state index in [0.29, 0.717) is 18.2 Å². The minimum absolute atomic E-state index is 0.384. The molecule has 0 aromatic carbocycles. The van der Waals surface area contributed by atoms with Gasteiger partial charge in [0, 0.05) is 18.7 Å². The van der Waals surface area contributed by atoms with E-state index in [1.807, 2.05) is 0 Å². The maximum Gasteiger partial charge on any atom is 0.222 e. The Morgan fingerprint density at radius 2 is 1.79 bits per heavy atom. The third kappa shape index (κ3) is 1.96. The number of hydrogen-bond donors (Lipinski definition) is 1. The lowest BCUT2D eigenvalue weighted by Gasteiger charge is -2.35. The Balaban J connectivity index is 1.72. The number of fused-ring (bicyclic) bond motifs is 3. The predicted octanol–water partition coefficient (Wildman–Crippen LogP) is 1.31. The summed E-state index contributed by atoms with van der Waals surface area (Å²) in [5.74, 6) is 1.51. The normalized spacial score (nSPS) is 29.4. The van der Waals surface area contributed by atoms with Crippen LogP contribution in [-0.4, -0.2) is 35.3 Å². The van der Waals surface area contributed by atoms with Gasteiger partial charge in [-0.05, 0) is 38.5 Å². The fourth-order valence-electron chi connectivity index (χ4n) is 3.64. The van der Waals surface area contributed by atoms with Crippen molar-refractivity contribution in [2.75, 3.05) is 23.7 Å². The van der Waals surface area contributed by atoms with Crippen molar-refractivity contribution in [2.45, 2.75) is 50.7 Å². The zero-order chi connectivity index (χ0) is 12.8. The van der Waals surface area contributed by atoms with Crippen LogP contribution in [-0.2, 0) is 17.6 Å². The number of hydrogen-bond acceptors (Lipinski definition) is 5. The first kappa shape index (κ1) is 11.5. The number of rotatable bonds is 1. The summed E-state index contributed by atoms with van der Waals surface area (Å²) in [4.78, 5) is 11.4. The van der Waals surface area contributed by atoms with Gasteiger partial charge in [-0.3, -0.25) is 0 Å². The first-order valence-corrected chi connectivity index (χ1v) is 7.35. The van der Waals surface area contributed by atoms with Crippen LogP contribution in [0.2, 0.25) is 0 Å². The molecular formula is C14H20N4O. The maximum absolute atomic E-state index is 5.91. The maximum atomic E-state index is 5.91. The van der Waals surface area contributed by atoms with Crippen LogP contribution in [0.15, 0.2) is 0 Å². The number of nitrogens with two attached hydrogens (primary N) is 1. The van der Waals surface area contributed by atoms with Gasteiger partial charge in [-0.15, -0.1) is 0 Å². The van der Waals surface area contributed by atoms with Crippen molar-refractivity contribution in [1.82, 2.24) is 9.97 Å². The van der Waals surface area contributed by atoms with E-state index in [1.54, 1.807) is 0 Å². The molecule has 102 valence electrons. The molecule has 2 unspecified atom stereocenters. The minimum atomic E-state index is 0.384. The van der Waals surface area contributed by atoms with Crippen molar-refractivity contribution in [3.8, 4) is 0 Å². The highest BCUT2D eigenvalue weighted by Crippen LogP contribution is 2.33. The van der Waals surface area contributed by atoms with Crippen molar-refractivity contribution in [1.29, 1.82) is 0 Å². The van der Waals surface area contributed by atoms with Crippen LogP contribution < -0.4 is 10.6 Å². The highest BCUT2D eigenvalue weighted by Gasteiger charge is 2.35. The molecule has 2 N–H and O–H groups in total. The van der Waals surface area contributed by atoms with Crippen molar-refractivity contribution < 1.29 is 4.74 Å². The molecular weight excluding hydrogens is 240 g/mol. The second-order valence-corrected chi connectivity index (χ2v) is 5.90. The van der Waals surface area contributed by atoms with Crippen LogP contribution in [0, 0.1) is 0 Å². The van der Waals surface area contributed by atoms with Crippen LogP contribution in [0.5, 0.6) is 0 Å². The van der Waals surface area contributed by atoms with Crippen molar-refractivity contribution in [3.63, 3.8) is 0 Å². The Hall–Kier alpha value is -1.36. The Labute approximate surface area is 113 Å². The third-order valence-electron chi connectivity index (χ3n) is 4.52. The van der Waals surface area contributed by atoms with Crippen LogP contribution in [0.1, 0.15) is 36.9 Å². The summed E-state index contributed by atoms with van der Waals surface area (Å²) in [7, 11) is 0. The Morgan fingerprint density at radius 1 is 1.05 bits per heavy atom. The molecule has 2 fully saturated rings. The van der Waals surface area contributed by atoms with E-state index in [9.17, 15) is 0 Å². The summed E-state index contributed by atoms with van der Waals surface area (Å²) in [5, 5.41) is 0. The zero-order valence-electron chi connectivity index (χ0n) is 11.1. The molecule has 3 heterocycles. The van der Waals surface area contributed by atoms with Gasteiger partial charge in [0.25, 0.3) is 0 Å². The second-order valence-electron chi connectivity index (χ2n) is 5.90. The quantitative estimate of drug-likeness (QED) is 0.824. The fourth-order valence-corrected chi connectivity index (χ4v) is 3.64. The van der Waals surface area contributed by atoms with Crippen molar-refractivity contribution in [2.24, 2.45) is 0 Å². The molecule has 0 amide bonds. The third-order valence-corrected chi connectivity index (χ3v) is 4.52. The molecule has 0 radical (unpaired) electrons. The molecule has 0 saturated carbocycles. The van der Waals surface area contributed by atoms with E-state index in [0.717, 1.165) is 31.7 Å². The van der Waals surface area contributed by atoms with Crippen molar-refractivity contribution >= 4 is 11.8 Å². The molecule has 19 heavy (non-hydrogen) atoms. The SMILES string of the molecule is Nc1nc2c(c(N3CC4CCC(C3)O4)n1)CCCC2. The predicted molar refractivity (Wildman–Crippen MR) is 73.2 cm³/mol. The van der Waals surface area contributed by atoms with Crippen LogP contribution in [0.3, 0.4) is 0 Å².